The third-order valence-electron chi connectivity index (χ3n) is 7.91. The molecule has 1 aliphatic carbocycles. The van der Waals surface area contributed by atoms with E-state index in [1.165, 1.54) is 22.0 Å². The minimum absolute atomic E-state index is 0.0661. The van der Waals surface area contributed by atoms with Crippen LogP contribution in [0.5, 0.6) is 0 Å². The predicted octanol–water partition coefficient (Wildman–Crippen LogP) is 1.19. The number of ether oxygens (including phenoxy) is 1. The van der Waals surface area contributed by atoms with Crippen LogP contribution in [0, 0.1) is 6.92 Å². The van der Waals surface area contributed by atoms with Gasteiger partial charge in [0.15, 0.2) is 29.1 Å². The molecular weight excluding hydrogens is 564 g/mol. The molecule has 5 N–H and O–H groups in total. The maximum atomic E-state index is 12.0. The van der Waals surface area contributed by atoms with Crippen molar-refractivity contribution in [1.82, 2.24) is 19.5 Å². The van der Waals surface area contributed by atoms with Crippen LogP contribution < -0.4 is 4.90 Å². The summed E-state index contributed by atoms with van der Waals surface area (Å²) >= 11 is 0. The first-order chi connectivity index (χ1) is 18.9. The van der Waals surface area contributed by atoms with Crippen LogP contribution in [0.3, 0.4) is 0 Å². The van der Waals surface area contributed by atoms with Crippen LogP contribution in [0.4, 0.5) is 5.82 Å². The third-order valence-corrected chi connectivity index (χ3v) is 11.4. The van der Waals surface area contributed by atoms with Gasteiger partial charge in [0.25, 0.3) is 0 Å². The van der Waals surface area contributed by atoms with Gasteiger partial charge in [-0.05, 0) is 37.3 Å². The Morgan fingerprint density at radius 2 is 1.88 bits per heavy atom. The summed E-state index contributed by atoms with van der Waals surface area (Å²) in [7, 11) is -9.49. The number of hydrogen-bond donors (Lipinski definition) is 5. The molecule has 2 fully saturated rings. The van der Waals surface area contributed by atoms with Crippen molar-refractivity contribution >= 4 is 32.2 Å². The highest BCUT2D eigenvalue weighted by Crippen LogP contribution is 2.55. The number of imidazole rings is 1. The summed E-state index contributed by atoms with van der Waals surface area (Å²) in [6, 6.07) is 8.58. The zero-order valence-electron chi connectivity index (χ0n) is 21.6. The normalized spacial score (nSPS) is 27.5. The van der Waals surface area contributed by atoms with Crippen LogP contribution >= 0.6 is 15.2 Å². The van der Waals surface area contributed by atoms with Crippen molar-refractivity contribution in [2.75, 3.05) is 30.5 Å². The Balaban J connectivity index is 1.22. The van der Waals surface area contributed by atoms with Gasteiger partial charge >= 0.3 is 15.2 Å². The number of aliphatic hydroxyl groups excluding tert-OH is 2. The number of rotatable bonds is 7. The number of nitrogens with zero attached hydrogens (tertiary/aromatic N) is 5. The molecule has 1 spiro atoms. The van der Waals surface area contributed by atoms with E-state index in [9.17, 15) is 24.2 Å². The van der Waals surface area contributed by atoms with E-state index in [1.807, 2.05) is 0 Å². The van der Waals surface area contributed by atoms with Crippen molar-refractivity contribution in [2.45, 2.75) is 56.1 Å². The highest BCUT2D eigenvalue weighted by atomic mass is 31.2. The molecule has 216 valence electrons. The number of benzene rings is 1. The van der Waals surface area contributed by atoms with E-state index in [0.717, 1.165) is 32.4 Å². The van der Waals surface area contributed by atoms with Crippen LogP contribution in [-0.2, 0) is 30.2 Å². The van der Waals surface area contributed by atoms with Crippen LogP contribution in [0.2, 0.25) is 0 Å². The maximum Gasteiger partial charge on any atom is 0.340 e. The van der Waals surface area contributed by atoms with E-state index in [2.05, 4.69) is 44.1 Å². The molecule has 3 aliphatic rings. The number of aromatic nitrogens is 4. The van der Waals surface area contributed by atoms with Gasteiger partial charge in [-0.1, -0.05) is 24.3 Å². The summed E-state index contributed by atoms with van der Waals surface area (Å²) in [4.78, 5) is 43.6. The van der Waals surface area contributed by atoms with E-state index in [1.54, 1.807) is 6.92 Å². The SMILES string of the molecule is Cc1nc(N2CC3(CCCc4ccccc43)C2)c2ncn(C3OC(COP(=O)(O)CP(=O)(O)O)C(O)C3O)c2n1. The lowest BCUT2D eigenvalue weighted by atomic mass is 9.65. The number of aryl methyl sites for hydroxylation is 2. The highest BCUT2D eigenvalue weighted by molar-refractivity contribution is 7.70. The van der Waals surface area contributed by atoms with E-state index in [4.69, 9.17) is 19.0 Å². The third kappa shape index (κ3) is 5.02. The Kier molecular flexibility index (Phi) is 6.93. The topological polar surface area (TPSA) is 201 Å². The minimum Gasteiger partial charge on any atom is -0.387 e. The van der Waals surface area contributed by atoms with Crippen LogP contribution in [0.25, 0.3) is 11.2 Å². The van der Waals surface area contributed by atoms with E-state index < -0.39 is 52.2 Å². The van der Waals surface area contributed by atoms with Gasteiger partial charge in [-0.25, -0.2) is 15.0 Å². The summed E-state index contributed by atoms with van der Waals surface area (Å²) in [5.41, 5.74) is 3.75. The van der Waals surface area contributed by atoms with E-state index in [0.29, 0.717) is 22.8 Å². The summed E-state index contributed by atoms with van der Waals surface area (Å²) in [5.74, 6) is -0.217. The molecule has 1 aromatic carbocycles. The molecule has 2 saturated heterocycles. The van der Waals surface area contributed by atoms with Crippen molar-refractivity contribution < 1.29 is 43.3 Å². The summed E-state index contributed by atoms with van der Waals surface area (Å²) in [6.07, 6.45) is -0.629. The van der Waals surface area contributed by atoms with Gasteiger partial charge in [0.1, 0.15) is 24.1 Å². The molecular formula is C24H31N5O9P2. The van der Waals surface area contributed by atoms with Crippen molar-refractivity contribution in [3.05, 3.63) is 47.5 Å². The summed E-state index contributed by atoms with van der Waals surface area (Å²) < 4.78 is 35.2. The first-order valence-electron chi connectivity index (χ1n) is 12.9. The highest BCUT2D eigenvalue weighted by Gasteiger charge is 2.49. The van der Waals surface area contributed by atoms with E-state index in [-0.39, 0.29) is 5.41 Å². The lowest BCUT2D eigenvalue weighted by Crippen LogP contribution is -2.61. The zero-order chi connectivity index (χ0) is 28.4. The van der Waals surface area contributed by atoms with Crippen molar-refractivity contribution in [3.63, 3.8) is 0 Å². The Bertz CT molecular complexity index is 1540. The zero-order valence-corrected chi connectivity index (χ0v) is 23.4. The fourth-order valence-corrected chi connectivity index (χ4v) is 8.71. The lowest BCUT2D eigenvalue weighted by molar-refractivity contribution is -0.0483. The first kappa shape index (κ1) is 27.9. The number of fused-ring (bicyclic) bond motifs is 3. The van der Waals surface area contributed by atoms with E-state index >= 15 is 0 Å². The molecule has 5 unspecified atom stereocenters. The van der Waals surface area contributed by atoms with Crippen LogP contribution in [0.15, 0.2) is 30.6 Å². The van der Waals surface area contributed by atoms with Crippen molar-refractivity contribution in [2.24, 2.45) is 0 Å². The van der Waals surface area contributed by atoms with Crippen LogP contribution in [-0.4, -0.2) is 88.3 Å². The lowest BCUT2D eigenvalue weighted by Gasteiger charge is -2.53. The Hall–Kier alpha value is -2.25. The second-order valence-corrected chi connectivity index (χ2v) is 14.8. The molecule has 14 nitrogen and oxygen atoms in total. The molecule has 4 heterocycles. The van der Waals surface area contributed by atoms with Gasteiger partial charge < -0.3 is 39.1 Å². The van der Waals surface area contributed by atoms with Gasteiger partial charge in [-0.15, -0.1) is 0 Å². The fourth-order valence-electron chi connectivity index (χ4n) is 6.14. The van der Waals surface area contributed by atoms with Gasteiger partial charge in [-0.2, -0.15) is 0 Å². The Morgan fingerprint density at radius 1 is 1.12 bits per heavy atom. The molecule has 40 heavy (non-hydrogen) atoms. The number of aliphatic hydroxyl groups is 2. The molecule has 5 atom stereocenters. The van der Waals surface area contributed by atoms with Gasteiger partial charge in [0, 0.05) is 18.5 Å². The number of anilines is 1. The largest absolute Gasteiger partial charge is 0.387 e. The Morgan fingerprint density at radius 3 is 2.62 bits per heavy atom. The van der Waals surface area contributed by atoms with Gasteiger partial charge in [-0.3, -0.25) is 13.7 Å². The summed E-state index contributed by atoms with van der Waals surface area (Å²) in [5, 5.41) is 21.3. The molecule has 0 radical (unpaired) electrons. The summed E-state index contributed by atoms with van der Waals surface area (Å²) in [6.45, 7) is 2.66. The van der Waals surface area contributed by atoms with Gasteiger partial charge in [0.2, 0.25) is 0 Å². The molecule has 6 rings (SSSR count). The maximum absolute atomic E-state index is 12.0. The van der Waals surface area contributed by atoms with Crippen LogP contribution in [0.1, 0.15) is 36.0 Å². The first-order valence-corrected chi connectivity index (χ1v) is 16.5. The quantitative estimate of drug-likeness (QED) is 0.244. The second-order valence-electron chi connectivity index (χ2n) is 10.9. The molecule has 2 aliphatic heterocycles. The standard InChI is InChI=1S/C24H31N5O9P2/c1-14-26-21(28-10-24(11-28)8-4-6-15-5-2-3-7-16(15)24)18-22(27-14)29(12-25-18)23-20(31)19(30)17(38-23)9-37-40(35,36)13-39(32,33)34/h2-3,5,7,12,17,19-20,23,30-31H,4,6,8-11,13H2,1H3,(H,35,36)(H2,32,33,34). The monoisotopic (exact) mass is 595 g/mol. The minimum atomic E-state index is -4.82. The smallest absolute Gasteiger partial charge is 0.340 e. The van der Waals surface area contributed by atoms with Gasteiger partial charge in [0.05, 0.1) is 12.9 Å². The van der Waals surface area contributed by atoms with Crippen molar-refractivity contribution in [1.29, 1.82) is 0 Å². The van der Waals surface area contributed by atoms with Crippen molar-refractivity contribution in [3.8, 4) is 0 Å². The molecule has 0 saturated carbocycles. The molecule has 16 heteroatoms. The molecule has 0 bridgehead atoms. The number of hydrogen-bond acceptors (Lipinski definition) is 10. The Labute approximate surface area is 229 Å². The average Bonchev–Trinajstić information content (AvgIpc) is 3.39. The molecule has 0 amide bonds. The predicted molar refractivity (Wildman–Crippen MR) is 142 cm³/mol. The molecule has 3 aromatic rings. The second kappa shape index (κ2) is 9.94. The fraction of sp³-hybridized carbons (Fsp3) is 0.542. The average molecular weight is 595 g/mol. The molecule has 2 aromatic heterocycles.